The highest BCUT2D eigenvalue weighted by molar-refractivity contribution is 5.76. The Morgan fingerprint density at radius 3 is 1.87 bits per heavy atom. The molecule has 0 bridgehead atoms. The number of fused-ring (bicyclic) bond motifs is 1. The van der Waals surface area contributed by atoms with Crippen LogP contribution in [0.3, 0.4) is 0 Å². The van der Waals surface area contributed by atoms with Crippen LogP contribution in [-0.4, -0.2) is 110 Å². The minimum Gasteiger partial charge on any atom is -0.497 e. The fourth-order valence-electron chi connectivity index (χ4n) is 7.39. The maximum Gasteiger partial charge on any atom is 0.228 e. The van der Waals surface area contributed by atoms with Crippen molar-refractivity contribution in [3.63, 3.8) is 0 Å². The van der Waals surface area contributed by atoms with E-state index in [0.717, 1.165) is 116 Å². The van der Waals surface area contributed by atoms with E-state index in [9.17, 15) is 0 Å². The summed E-state index contributed by atoms with van der Waals surface area (Å²) in [6.07, 6.45) is 4.66. The summed E-state index contributed by atoms with van der Waals surface area (Å²) in [6, 6.07) is 25.3. The van der Waals surface area contributed by atoms with Gasteiger partial charge in [-0.05, 0) is 66.6 Å². The van der Waals surface area contributed by atoms with Crippen LogP contribution in [0.15, 0.2) is 85.2 Å². The molecule has 8 rings (SSSR count). The van der Waals surface area contributed by atoms with Crippen molar-refractivity contribution in [2.24, 2.45) is 0 Å². The van der Waals surface area contributed by atoms with Gasteiger partial charge in [-0.3, -0.25) is 4.90 Å². The van der Waals surface area contributed by atoms with Gasteiger partial charge in [-0.25, -0.2) is 15.0 Å². The number of nitrogens with zero attached hydrogens (tertiary/aromatic N) is 9. The molecule has 5 aromatic rings. The highest BCUT2D eigenvalue weighted by atomic mass is 16.5. The SMILES string of the molecule is COc1ccc(CN(Cc2ccc(OC)cc2)c2ncc(-c3nc(N4CCOCC4)nc4c3CCN4c3ccc(CN4CCN(C)CC4)cc3)cn2)cc1. The summed E-state index contributed by atoms with van der Waals surface area (Å²) in [5, 5.41) is 0. The number of aromatic nitrogens is 4. The van der Waals surface area contributed by atoms with Crippen LogP contribution >= 0.6 is 0 Å². The summed E-state index contributed by atoms with van der Waals surface area (Å²) in [4.78, 5) is 32.0. The highest BCUT2D eigenvalue weighted by Crippen LogP contribution is 2.39. The maximum absolute atomic E-state index is 5.68. The number of hydrogen-bond acceptors (Lipinski definition) is 12. The molecular weight excluding hydrogens is 679 g/mol. The molecule has 3 aromatic carbocycles. The number of benzene rings is 3. The molecule has 0 unspecified atom stereocenters. The van der Waals surface area contributed by atoms with Crippen molar-refractivity contribution in [3.8, 4) is 22.8 Å². The van der Waals surface area contributed by atoms with E-state index < -0.39 is 0 Å². The largest absolute Gasteiger partial charge is 0.497 e. The van der Waals surface area contributed by atoms with Crippen molar-refractivity contribution in [3.05, 3.63) is 107 Å². The number of piperazine rings is 1. The number of hydrogen-bond donors (Lipinski definition) is 0. The normalized spacial score (nSPS) is 16.4. The molecular formula is C42H49N9O3. The van der Waals surface area contributed by atoms with Gasteiger partial charge in [0, 0.05) is 94.7 Å². The van der Waals surface area contributed by atoms with E-state index in [1.807, 2.05) is 36.7 Å². The number of anilines is 4. The molecule has 3 aliphatic rings. The summed E-state index contributed by atoms with van der Waals surface area (Å²) in [5.41, 5.74) is 7.64. The van der Waals surface area contributed by atoms with Crippen LogP contribution in [0.25, 0.3) is 11.3 Å². The third kappa shape index (κ3) is 8.10. The highest BCUT2D eigenvalue weighted by Gasteiger charge is 2.30. The Bertz CT molecular complexity index is 1930. The zero-order chi connectivity index (χ0) is 36.9. The molecule has 280 valence electrons. The summed E-state index contributed by atoms with van der Waals surface area (Å²) in [6.45, 7) is 10.3. The molecule has 12 nitrogen and oxygen atoms in total. The molecule has 0 spiro atoms. The van der Waals surface area contributed by atoms with Crippen LogP contribution in [0.5, 0.6) is 11.5 Å². The van der Waals surface area contributed by atoms with Gasteiger partial charge in [0.25, 0.3) is 0 Å². The van der Waals surface area contributed by atoms with Gasteiger partial charge in [-0.2, -0.15) is 4.98 Å². The van der Waals surface area contributed by atoms with Crippen LogP contribution in [0.2, 0.25) is 0 Å². The molecule has 0 aliphatic carbocycles. The number of ether oxygens (including phenoxy) is 3. The van der Waals surface area contributed by atoms with Crippen molar-refractivity contribution in [2.45, 2.75) is 26.1 Å². The van der Waals surface area contributed by atoms with Crippen LogP contribution in [0.4, 0.5) is 23.4 Å². The van der Waals surface area contributed by atoms with Gasteiger partial charge in [0.2, 0.25) is 11.9 Å². The average molecular weight is 728 g/mol. The fourth-order valence-corrected chi connectivity index (χ4v) is 7.39. The first-order valence-corrected chi connectivity index (χ1v) is 18.9. The molecule has 2 saturated heterocycles. The van der Waals surface area contributed by atoms with E-state index >= 15 is 0 Å². The summed E-state index contributed by atoms with van der Waals surface area (Å²) in [5.74, 6) is 3.97. The van der Waals surface area contributed by atoms with Gasteiger partial charge in [0.15, 0.2) is 0 Å². The Hall–Kier alpha value is -5.30. The molecule has 0 saturated carbocycles. The lowest BCUT2D eigenvalue weighted by Crippen LogP contribution is -2.43. The van der Waals surface area contributed by atoms with Crippen LogP contribution in [-0.2, 0) is 30.8 Å². The molecule has 0 N–H and O–H groups in total. The van der Waals surface area contributed by atoms with Gasteiger partial charge >= 0.3 is 0 Å². The number of methoxy groups -OCH3 is 2. The zero-order valence-electron chi connectivity index (χ0n) is 31.5. The number of morpholine rings is 1. The van der Waals surface area contributed by atoms with Gasteiger partial charge in [0.05, 0.1) is 33.1 Å². The third-order valence-corrected chi connectivity index (χ3v) is 10.6. The standard InChI is InChI=1S/C42H49N9O3/c1-47-18-20-48(21-19-47)28-31-4-10-35(11-5-31)51-17-16-38-39(45-42(46-40(38)51)49-22-24-54-25-23-49)34-26-43-41(44-27-34)50(29-32-6-12-36(52-2)13-7-32)30-33-8-14-37(53-3)15-9-33/h4-15,26-27H,16-25,28-30H2,1-3H3. The van der Waals surface area contributed by atoms with Crippen molar-refractivity contribution in [1.29, 1.82) is 0 Å². The average Bonchev–Trinajstić information content (AvgIpc) is 3.66. The van der Waals surface area contributed by atoms with E-state index in [1.54, 1.807) is 14.2 Å². The van der Waals surface area contributed by atoms with Crippen molar-refractivity contribution in [2.75, 3.05) is 95.0 Å². The van der Waals surface area contributed by atoms with Gasteiger partial charge < -0.3 is 33.8 Å². The number of likely N-dealkylation sites (N-methyl/N-ethyl adjacent to an activating group) is 1. The lowest BCUT2D eigenvalue weighted by atomic mass is 10.1. The Balaban J connectivity index is 1.08. The topological polar surface area (TPSA) is 95.4 Å². The van der Waals surface area contributed by atoms with Crippen LogP contribution in [0, 0.1) is 0 Å². The Labute approximate surface area is 317 Å². The van der Waals surface area contributed by atoms with Gasteiger partial charge in [0.1, 0.15) is 17.3 Å². The first-order valence-electron chi connectivity index (χ1n) is 18.9. The Morgan fingerprint density at radius 2 is 1.28 bits per heavy atom. The molecule has 2 fully saturated rings. The third-order valence-electron chi connectivity index (χ3n) is 10.6. The second-order valence-corrected chi connectivity index (χ2v) is 14.2. The van der Waals surface area contributed by atoms with E-state index in [2.05, 4.69) is 80.1 Å². The maximum atomic E-state index is 5.68. The van der Waals surface area contributed by atoms with Gasteiger partial charge in [-0.15, -0.1) is 0 Å². The van der Waals surface area contributed by atoms with E-state index in [-0.39, 0.29) is 0 Å². The fraction of sp³-hybridized carbons (Fsp3) is 0.381. The second kappa shape index (κ2) is 16.4. The molecule has 5 heterocycles. The Kier molecular flexibility index (Phi) is 10.8. The summed E-state index contributed by atoms with van der Waals surface area (Å²) < 4.78 is 16.5. The predicted molar refractivity (Wildman–Crippen MR) is 212 cm³/mol. The lowest BCUT2D eigenvalue weighted by molar-refractivity contribution is 0.122. The van der Waals surface area contributed by atoms with Crippen molar-refractivity contribution < 1.29 is 14.2 Å². The summed E-state index contributed by atoms with van der Waals surface area (Å²) >= 11 is 0. The molecule has 2 aromatic heterocycles. The number of rotatable bonds is 12. The van der Waals surface area contributed by atoms with Crippen molar-refractivity contribution >= 4 is 23.4 Å². The first-order chi connectivity index (χ1) is 26.5. The molecule has 3 aliphatic heterocycles. The summed E-state index contributed by atoms with van der Waals surface area (Å²) in [7, 11) is 5.57. The second-order valence-electron chi connectivity index (χ2n) is 14.2. The molecule has 0 amide bonds. The van der Waals surface area contributed by atoms with Crippen LogP contribution in [0.1, 0.15) is 22.3 Å². The smallest absolute Gasteiger partial charge is 0.228 e. The van der Waals surface area contributed by atoms with E-state index in [1.165, 1.54) is 5.56 Å². The van der Waals surface area contributed by atoms with E-state index in [4.69, 9.17) is 34.1 Å². The monoisotopic (exact) mass is 727 g/mol. The lowest BCUT2D eigenvalue weighted by Gasteiger charge is -2.32. The predicted octanol–water partition coefficient (Wildman–Crippen LogP) is 5.44. The molecule has 0 radical (unpaired) electrons. The molecule has 12 heteroatoms. The minimum atomic E-state index is 0.628. The quantitative estimate of drug-likeness (QED) is 0.164. The van der Waals surface area contributed by atoms with Crippen LogP contribution < -0.4 is 24.2 Å². The Morgan fingerprint density at radius 1 is 0.685 bits per heavy atom. The van der Waals surface area contributed by atoms with Gasteiger partial charge in [-0.1, -0.05) is 36.4 Å². The zero-order valence-corrected chi connectivity index (χ0v) is 31.5. The van der Waals surface area contributed by atoms with E-state index in [0.29, 0.717) is 32.3 Å². The van der Waals surface area contributed by atoms with Crippen molar-refractivity contribution in [1.82, 2.24) is 29.7 Å². The molecule has 54 heavy (non-hydrogen) atoms. The first kappa shape index (κ1) is 35.7. The molecule has 0 atom stereocenters. The minimum absolute atomic E-state index is 0.628.